The van der Waals surface area contributed by atoms with Gasteiger partial charge in [0.2, 0.25) is 0 Å². The molecule has 0 spiro atoms. The van der Waals surface area contributed by atoms with Gasteiger partial charge in [-0.15, -0.1) is 11.3 Å². The van der Waals surface area contributed by atoms with Gasteiger partial charge in [-0.05, 0) is 18.1 Å². The van der Waals surface area contributed by atoms with Crippen molar-refractivity contribution in [3.63, 3.8) is 0 Å². The Labute approximate surface area is 126 Å². The number of aliphatic hydroxyl groups is 1. The smallest absolute Gasteiger partial charge is 0.263 e. The predicted molar refractivity (Wildman–Crippen MR) is 84.4 cm³/mol. The molecular formula is C14H17ClN2O2S. The fourth-order valence-corrected chi connectivity index (χ4v) is 3.34. The van der Waals surface area contributed by atoms with Crippen LogP contribution < -0.4 is 11.1 Å². The lowest BCUT2D eigenvalue weighted by atomic mass is 10.1. The van der Waals surface area contributed by atoms with E-state index in [9.17, 15) is 9.90 Å². The van der Waals surface area contributed by atoms with Crippen molar-refractivity contribution in [1.29, 1.82) is 0 Å². The van der Waals surface area contributed by atoms with E-state index >= 15 is 0 Å². The van der Waals surface area contributed by atoms with Crippen molar-refractivity contribution in [2.75, 3.05) is 12.3 Å². The molecular weight excluding hydrogens is 296 g/mol. The van der Waals surface area contributed by atoms with Gasteiger partial charge >= 0.3 is 0 Å². The molecule has 108 valence electrons. The Hall–Kier alpha value is -1.30. The zero-order valence-electron chi connectivity index (χ0n) is 11.3. The minimum Gasteiger partial charge on any atom is -0.397 e. The zero-order chi connectivity index (χ0) is 14.9. The van der Waals surface area contributed by atoms with Crippen LogP contribution in [0.25, 0.3) is 10.1 Å². The fourth-order valence-electron chi connectivity index (χ4n) is 1.95. The SMILES string of the molecule is CC(C)C(CO)NC(=O)c1sc2cccc(Cl)c2c1N. The van der Waals surface area contributed by atoms with E-state index in [2.05, 4.69) is 5.32 Å². The molecule has 6 heteroatoms. The molecule has 4 N–H and O–H groups in total. The lowest BCUT2D eigenvalue weighted by Crippen LogP contribution is -2.41. The van der Waals surface area contributed by atoms with E-state index in [1.807, 2.05) is 26.0 Å². The van der Waals surface area contributed by atoms with Gasteiger partial charge in [0.25, 0.3) is 5.91 Å². The normalized spacial score (nSPS) is 12.8. The average Bonchev–Trinajstić information content (AvgIpc) is 2.74. The predicted octanol–water partition coefficient (Wildman–Crippen LogP) is 2.88. The van der Waals surface area contributed by atoms with E-state index in [-0.39, 0.29) is 24.5 Å². The van der Waals surface area contributed by atoms with E-state index in [0.717, 1.165) is 10.1 Å². The van der Waals surface area contributed by atoms with Gasteiger partial charge in [0, 0.05) is 10.1 Å². The summed E-state index contributed by atoms with van der Waals surface area (Å²) in [4.78, 5) is 12.7. The molecule has 1 amide bonds. The molecule has 0 aliphatic heterocycles. The lowest BCUT2D eigenvalue weighted by molar-refractivity contribution is 0.0902. The van der Waals surface area contributed by atoms with Gasteiger partial charge in [-0.1, -0.05) is 31.5 Å². The van der Waals surface area contributed by atoms with Gasteiger partial charge in [0.05, 0.1) is 23.4 Å². The highest BCUT2D eigenvalue weighted by molar-refractivity contribution is 7.21. The summed E-state index contributed by atoms with van der Waals surface area (Å²) in [6, 6.07) is 5.17. The Kier molecular flexibility index (Phi) is 4.52. The number of carbonyl (C=O) groups is 1. The summed E-state index contributed by atoms with van der Waals surface area (Å²) in [6.07, 6.45) is 0. The summed E-state index contributed by atoms with van der Waals surface area (Å²) < 4.78 is 0.880. The van der Waals surface area contributed by atoms with Crippen LogP contribution in [0.1, 0.15) is 23.5 Å². The van der Waals surface area contributed by atoms with E-state index in [1.54, 1.807) is 6.07 Å². The van der Waals surface area contributed by atoms with Gasteiger partial charge in [0.1, 0.15) is 4.88 Å². The van der Waals surface area contributed by atoms with Crippen LogP contribution in [0.15, 0.2) is 18.2 Å². The highest BCUT2D eigenvalue weighted by Gasteiger charge is 2.21. The monoisotopic (exact) mass is 312 g/mol. The Bertz CT molecular complexity index is 639. The van der Waals surface area contributed by atoms with Crippen LogP contribution in [0.4, 0.5) is 5.69 Å². The molecule has 0 aliphatic rings. The minimum atomic E-state index is -0.289. The van der Waals surface area contributed by atoms with Crippen molar-refractivity contribution < 1.29 is 9.90 Å². The third-order valence-electron chi connectivity index (χ3n) is 3.23. The second kappa shape index (κ2) is 5.99. The molecule has 1 aromatic heterocycles. The number of hydrogen-bond acceptors (Lipinski definition) is 4. The topological polar surface area (TPSA) is 75.3 Å². The molecule has 1 aromatic carbocycles. The second-order valence-corrected chi connectivity index (χ2v) is 6.42. The van der Waals surface area contributed by atoms with E-state index in [0.29, 0.717) is 15.6 Å². The molecule has 0 bridgehead atoms. The molecule has 0 saturated carbocycles. The maximum Gasteiger partial charge on any atom is 0.263 e. The van der Waals surface area contributed by atoms with Gasteiger partial charge in [-0.2, -0.15) is 0 Å². The quantitative estimate of drug-likeness (QED) is 0.812. The molecule has 20 heavy (non-hydrogen) atoms. The minimum absolute atomic E-state index is 0.102. The summed E-state index contributed by atoms with van der Waals surface area (Å²) in [7, 11) is 0. The van der Waals surface area contributed by atoms with Crippen molar-refractivity contribution >= 4 is 44.6 Å². The van der Waals surface area contributed by atoms with Crippen molar-refractivity contribution in [3.05, 3.63) is 28.1 Å². The molecule has 1 atom stereocenters. The number of halogens is 1. The molecule has 1 unspecified atom stereocenters. The lowest BCUT2D eigenvalue weighted by Gasteiger charge is -2.19. The summed E-state index contributed by atoms with van der Waals surface area (Å²) in [5.74, 6) is -0.129. The molecule has 0 aliphatic carbocycles. The number of benzene rings is 1. The number of fused-ring (bicyclic) bond motifs is 1. The molecule has 0 saturated heterocycles. The van der Waals surface area contributed by atoms with E-state index in [4.69, 9.17) is 17.3 Å². The number of anilines is 1. The van der Waals surface area contributed by atoms with Crippen molar-refractivity contribution in [1.82, 2.24) is 5.32 Å². The van der Waals surface area contributed by atoms with Crippen LogP contribution in [0.3, 0.4) is 0 Å². The molecule has 4 nitrogen and oxygen atoms in total. The largest absolute Gasteiger partial charge is 0.397 e. The first-order chi connectivity index (χ1) is 9.45. The fraction of sp³-hybridized carbons (Fsp3) is 0.357. The number of rotatable bonds is 4. The molecule has 0 radical (unpaired) electrons. The molecule has 0 fully saturated rings. The highest BCUT2D eigenvalue weighted by atomic mass is 35.5. The van der Waals surface area contributed by atoms with Crippen molar-refractivity contribution in [2.45, 2.75) is 19.9 Å². The first-order valence-corrected chi connectivity index (χ1v) is 7.53. The van der Waals surface area contributed by atoms with Crippen LogP contribution in [0.2, 0.25) is 5.02 Å². The zero-order valence-corrected chi connectivity index (χ0v) is 12.9. The molecule has 2 rings (SSSR count). The van der Waals surface area contributed by atoms with Crippen LogP contribution in [-0.4, -0.2) is 23.7 Å². The summed E-state index contributed by atoms with van der Waals surface area (Å²) >= 11 is 7.43. The number of aliphatic hydroxyl groups excluding tert-OH is 1. The average molecular weight is 313 g/mol. The Balaban J connectivity index is 2.36. The van der Waals surface area contributed by atoms with Gasteiger partial charge in [-0.3, -0.25) is 4.79 Å². The first-order valence-electron chi connectivity index (χ1n) is 6.34. The third-order valence-corrected chi connectivity index (χ3v) is 4.71. The Morgan fingerprint density at radius 1 is 1.50 bits per heavy atom. The summed E-state index contributed by atoms with van der Waals surface area (Å²) in [5.41, 5.74) is 6.43. The number of nitrogens with two attached hydrogens (primary N) is 1. The Morgan fingerprint density at radius 3 is 2.75 bits per heavy atom. The van der Waals surface area contributed by atoms with Crippen molar-refractivity contribution in [3.8, 4) is 0 Å². The van der Waals surface area contributed by atoms with Crippen LogP contribution in [-0.2, 0) is 0 Å². The molecule has 2 aromatic rings. The number of thiophene rings is 1. The van der Waals surface area contributed by atoms with Crippen LogP contribution >= 0.6 is 22.9 Å². The number of carbonyl (C=O) groups excluding carboxylic acids is 1. The highest BCUT2D eigenvalue weighted by Crippen LogP contribution is 2.37. The second-order valence-electron chi connectivity index (χ2n) is 4.96. The van der Waals surface area contributed by atoms with Gasteiger partial charge in [-0.25, -0.2) is 0 Å². The van der Waals surface area contributed by atoms with Gasteiger partial charge < -0.3 is 16.2 Å². The van der Waals surface area contributed by atoms with Gasteiger partial charge in [0.15, 0.2) is 0 Å². The number of amides is 1. The standard InChI is InChI=1S/C14H17ClN2O2S/c1-7(2)9(6-18)17-14(19)13-12(16)11-8(15)4-3-5-10(11)20-13/h3-5,7,9,18H,6,16H2,1-2H3,(H,17,19). The number of hydrogen-bond donors (Lipinski definition) is 3. The Morgan fingerprint density at radius 2 is 2.20 bits per heavy atom. The maximum absolute atomic E-state index is 12.3. The van der Waals surface area contributed by atoms with Crippen LogP contribution in [0, 0.1) is 5.92 Å². The number of nitrogens with one attached hydrogen (secondary N) is 1. The maximum atomic E-state index is 12.3. The third kappa shape index (κ3) is 2.75. The van der Waals surface area contributed by atoms with E-state index in [1.165, 1.54) is 11.3 Å². The number of nitrogen functional groups attached to an aromatic ring is 1. The molecule has 1 heterocycles. The first kappa shape index (κ1) is 15.1. The van der Waals surface area contributed by atoms with Crippen LogP contribution in [0.5, 0.6) is 0 Å². The summed E-state index contributed by atoms with van der Waals surface area (Å²) in [6.45, 7) is 3.77. The summed E-state index contributed by atoms with van der Waals surface area (Å²) in [5, 5.41) is 13.3. The van der Waals surface area contributed by atoms with E-state index < -0.39 is 0 Å². The van der Waals surface area contributed by atoms with Crippen molar-refractivity contribution in [2.24, 2.45) is 5.92 Å².